The Kier molecular flexibility index (Phi) is 8.80. The molecular formula is C26H40BrN3O3. The van der Waals surface area contributed by atoms with Crippen molar-refractivity contribution in [2.45, 2.75) is 98.3 Å². The minimum Gasteiger partial charge on any atom is -0.507 e. The molecule has 0 aliphatic rings. The van der Waals surface area contributed by atoms with Crippen LogP contribution in [0.25, 0.3) is 0 Å². The lowest BCUT2D eigenvalue weighted by atomic mass is 9.78. The number of hydrogen-bond acceptors (Lipinski definition) is 4. The average molecular weight is 523 g/mol. The van der Waals surface area contributed by atoms with E-state index in [4.69, 9.17) is 0 Å². The summed E-state index contributed by atoms with van der Waals surface area (Å²) >= 11 is 3.19. The summed E-state index contributed by atoms with van der Waals surface area (Å²) in [5.74, 6) is 0.415. The summed E-state index contributed by atoms with van der Waals surface area (Å²) in [6.45, 7) is 16.9. The number of aliphatic hydroxyl groups excluding tert-OH is 1. The first kappa shape index (κ1) is 27.4. The summed E-state index contributed by atoms with van der Waals surface area (Å²) in [5.41, 5.74) is 2.05. The second-order valence-electron chi connectivity index (χ2n) is 10.9. The predicted octanol–water partition coefficient (Wildman–Crippen LogP) is 5.48. The first-order valence-electron chi connectivity index (χ1n) is 11.7. The van der Waals surface area contributed by atoms with Crippen LogP contribution < -0.4 is 5.62 Å². The van der Waals surface area contributed by atoms with E-state index in [2.05, 4.69) is 34.0 Å². The molecule has 184 valence electrons. The molecule has 2 rings (SSSR count). The summed E-state index contributed by atoms with van der Waals surface area (Å²) in [6, 6.07) is 3.62. The van der Waals surface area contributed by atoms with Crippen molar-refractivity contribution >= 4 is 21.9 Å². The standard InChI is InChI=1S/C26H40BrN3O3/c1-9-17(10-2)21(31)15-29-11-12-30(24(29)28-27)16-22(32)18-13-19(25(3,4)5)23(33)20(14-18)26(6,7)8/h11-14,17,21,31,33H,9-10,15-16H2,1-8H3. The lowest BCUT2D eigenvalue weighted by molar-refractivity contribution is 0.0843. The number of Topliss-reactive ketones (excluding diaryl/α,β-unsaturated/α-hetero) is 1. The molecule has 0 saturated heterocycles. The van der Waals surface area contributed by atoms with Crippen molar-refractivity contribution in [3.05, 3.63) is 46.8 Å². The fourth-order valence-electron chi connectivity index (χ4n) is 4.19. The van der Waals surface area contributed by atoms with Crippen LogP contribution in [0.5, 0.6) is 5.75 Å². The number of rotatable bonds is 8. The Morgan fingerprint density at radius 1 is 1.00 bits per heavy atom. The Bertz CT molecular complexity index is 999. The van der Waals surface area contributed by atoms with Crippen LogP contribution in [0.15, 0.2) is 28.5 Å². The highest BCUT2D eigenvalue weighted by Crippen LogP contribution is 2.39. The van der Waals surface area contributed by atoms with Crippen molar-refractivity contribution in [2.24, 2.45) is 9.94 Å². The van der Waals surface area contributed by atoms with Crippen LogP contribution in [-0.2, 0) is 23.9 Å². The predicted molar refractivity (Wildman–Crippen MR) is 137 cm³/mol. The SMILES string of the molecule is CCC(CC)C(O)Cn1ccn(CC(=O)c2cc(C(C)(C)C)c(O)c(C(C)(C)C)c2)c1=NBr. The number of carbonyl (C=O) groups is 1. The maximum atomic E-state index is 13.4. The number of aliphatic hydroxyl groups is 1. The maximum absolute atomic E-state index is 13.4. The zero-order valence-corrected chi connectivity index (χ0v) is 22.9. The van der Waals surface area contributed by atoms with Gasteiger partial charge in [-0.2, -0.15) is 4.02 Å². The van der Waals surface area contributed by atoms with E-state index in [0.717, 1.165) is 24.0 Å². The van der Waals surface area contributed by atoms with Gasteiger partial charge in [-0.1, -0.05) is 68.2 Å². The lowest BCUT2D eigenvalue weighted by Crippen LogP contribution is -2.33. The molecule has 0 radical (unpaired) electrons. The number of halogens is 1. The zero-order chi connectivity index (χ0) is 25.1. The molecule has 0 aliphatic carbocycles. The second kappa shape index (κ2) is 10.6. The minimum atomic E-state index is -0.481. The Morgan fingerprint density at radius 3 is 1.91 bits per heavy atom. The van der Waals surface area contributed by atoms with Gasteiger partial charge in [0.05, 0.1) is 35.3 Å². The molecule has 1 atom stereocenters. The summed E-state index contributed by atoms with van der Waals surface area (Å²) in [7, 11) is 0. The molecule has 1 aromatic carbocycles. The van der Waals surface area contributed by atoms with Gasteiger partial charge in [0, 0.05) is 29.1 Å². The highest BCUT2D eigenvalue weighted by Gasteiger charge is 2.28. The molecular weight excluding hydrogens is 482 g/mol. The van der Waals surface area contributed by atoms with E-state index in [1.54, 1.807) is 4.57 Å². The number of benzene rings is 1. The van der Waals surface area contributed by atoms with Crippen LogP contribution in [0.1, 0.15) is 89.7 Å². The van der Waals surface area contributed by atoms with Gasteiger partial charge >= 0.3 is 0 Å². The third-order valence-electron chi connectivity index (χ3n) is 6.35. The molecule has 0 saturated carbocycles. The number of phenolic OH excluding ortho intramolecular Hbond substituents is 1. The molecule has 1 heterocycles. The Balaban J connectivity index is 2.42. The van der Waals surface area contributed by atoms with Crippen LogP contribution in [0.4, 0.5) is 0 Å². The van der Waals surface area contributed by atoms with Gasteiger partial charge in [0.15, 0.2) is 5.78 Å². The van der Waals surface area contributed by atoms with Crippen molar-refractivity contribution in [3.8, 4) is 5.75 Å². The fourth-order valence-corrected chi connectivity index (χ4v) is 4.60. The number of nitrogens with zero attached hydrogens (tertiary/aromatic N) is 3. The second-order valence-corrected chi connectivity index (χ2v) is 11.3. The molecule has 0 aliphatic heterocycles. The normalized spacial score (nSPS) is 14.2. The molecule has 0 amide bonds. The van der Waals surface area contributed by atoms with Crippen molar-refractivity contribution in [2.75, 3.05) is 0 Å². The smallest absolute Gasteiger partial charge is 0.217 e. The van der Waals surface area contributed by atoms with Crippen molar-refractivity contribution < 1.29 is 15.0 Å². The molecule has 0 spiro atoms. The van der Waals surface area contributed by atoms with Crippen molar-refractivity contribution in [3.63, 3.8) is 0 Å². The quantitative estimate of drug-likeness (QED) is 0.451. The van der Waals surface area contributed by atoms with Gasteiger partial charge in [-0.3, -0.25) is 4.79 Å². The highest BCUT2D eigenvalue weighted by molar-refractivity contribution is 9.08. The van der Waals surface area contributed by atoms with E-state index in [1.807, 2.05) is 70.6 Å². The molecule has 1 unspecified atom stereocenters. The average Bonchev–Trinajstić information content (AvgIpc) is 3.08. The largest absolute Gasteiger partial charge is 0.507 e. The molecule has 2 aromatic rings. The van der Waals surface area contributed by atoms with E-state index in [0.29, 0.717) is 17.7 Å². The molecule has 1 aromatic heterocycles. The first-order valence-corrected chi connectivity index (χ1v) is 12.4. The summed E-state index contributed by atoms with van der Waals surface area (Å²) in [4.78, 5) is 13.4. The third kappa shape index (κ3) is 6.38. The van der Waals surface area contributed by atoms with Crippen molar-refractivity contribution in [1.29, 1.82) is 0 Å². The topological polar surface area (TPSA) is 79.8 Å². The Labute approximate surface area is 206 Å². The monoisotopic (exact) mass is 521 g/mol. The van der Waals surface area contributed by atoms with Crippen molar-refractivity contribution in [1.82, 2.24) is 9.13 Å². The number of carbonyl (C=O) groups excluding carboxylic acids is 1. The van der Waals surface area contributed by atoms with E-state index in [1.165, 1.54) is 0 Å². The van der Waals surface area contributed by atoms with Gasteiger partial charge in [0.25, 0.3) is 0 Å². The molecule has 33 heavy (non-hydrogen) atoms. The van der Waals surface area contributed by atoms with E-state index >= 15 is 0 Å². The van der Waals surface area contributed by atoms with Gasteiger partial charge in [-0.15, -0.1) is 0 Å². The number of hydrogen-bond donors (Lipinski definition) is 2. The number of ketones is 1. The van der Waals surface area contributed by atoms with E-state index in [9.17, 15) is 15.0 Å². The van der Waals surface area contributed by atoms with Crippen LogP contribution in [0.3, 0.4) is 0 Å². The summed E-state index contributed by atoms with van der Waals surface area (Å²) in [6.07, 6.45) is 4.99. The first-order chi connectivity index (χ1) is 15.2. The number of aromatic nitrogens is 2. The zero-order valence-electron chi connectivity index (χ0n) is 21.3. The van der Waals surface area contributed by atoms with Gasteiger partial charge < -0.3 is 19.3 Å². The number of phenols is 1. The number of aromatic hydroxyl groups is 1. The number of imidazole rings is 1. The Hall–Kier alpha value is -1.86. The van der Waals surface area contributed by atoms with Crippen LogP contribution in [0, 0.1) is 5.92 Å². The van der Waals surface area contributed by atoms with Crippen LogP contribution in [0.2, 0.25) is 0 Å². The Morgan fingerprint density at radius 2 is 1.48 bits per heavy atom. The van der Waals surface area contributed by atoms with Gasteiger partial charge in [0.2, 0.25) is 5.62 Å². The van der Waals surface area contributed by atoms with E-state index in [-0.39, 0.29) is 34.8 Å². The maximum Gasteiger partial charge on any atom is 0.217 e. The molecule has 6 nitrogen and oxygen atoms in total. The molecule has 0 fully saturated rings. The molecule has 7 heteroatoms. The summed E-state index contributed by atoms with van der Waals surface area (Å²) in [5, 5.41) is 21.6. The molecule has 0 bridgehead atoms. The molecule has 2 N–H and O–H groups in total. The fraction of sp³-hybridized carbons (Fsp3) is 0.615. The van der Waals surface area contributed by atoms with Gasteiger partial charge in [-0.05, 0) is 28.9 Å². The summed E-state index contributed by atoms with van der Waals surface area (Å²) < 4.78 is 7.84. The van der Waals surface area contributed by atoms with Gasteiger partial charge in [-0.25, -0.2) is 0 Å². The van der Waals surface area contributed by atoms with Gasteiger partial charge in [0.1, 0.15) is 5.75 Å². The minimum absolute atomic E-state index is 0.0632. The van der Waals surface area contributed by atoms with Crippen LogP contribution >= 0.6 is 16.1 Å². The van der Waals surface area contributed by atoms with Crippen LogP contribution in [-0.4, -0.2) is 31.2 Å². The lowest BCUT2D eigenvalue weighted by Gasteiger charge is -2.28. The van der Waals surface area contributed by atoms with E-state index < -0.39 is 6.10 Å². The highest BCUT2D eigenvalue weighted by atomic mass is 79.9. The third-order valence-corrected chi connectivity index (χ3v) is 6.67.